The van der Waals surface area contributed by atoms with Crippen LogP contribution in [0.15, 0.2) is 36.4 Å². The van der Waals surface area contributed by atoms with E-state index in [4.69, 9.17) is 9.47 Å². The van der Waals surface area contributed by atoms with Gasteiger partial charge < -0.3 is 19.7 Å². The average molecular weight is 356 g/mol. The van der Waals surface area contributed by atoms with Crippen LogP contribution in [-0.2, 0) is 9.59 Å². The highest BCUT2D eigenvalue weighted by Crippen LogP contribution is 2.29. The predicted molar refractivity (Wildman–Crippen MR) is 102 cm³/mol. The van der Waals surface area contributed by atoms with Crippen molar-refractivity contribution in [3.63, 3.8) is 0 Å². The van der Waals surface area contributed by atoms with Crippen LogP contribution in [0.5, 0.6) is 11.5 Å². The van der Waals surface area contributed by atoms with Gasteiger partial charge in [-0.05, 0) is 43.2 Å². The van der Waals surface area contributed by atoms with Crippen LogP contribution in [0.2, 0.25) is 0 Å². The summed E-state index contributed by atoms with van der Waals surface area (Å²) < 4.78 is 10.4. The van der Waals surface area contributed by atoms with Gasteiger partial charge in [0.2, 0.25) is 11.8 Å². The summed E-state index contributed by atoms with van der Waals surface area (Å²) in [4.78, 5) is 26.1. The Morgan fingerprint density at radius 2 is 1.81 bits per heavy atom. The van der Waals surface area contributed by atoms with Gasteiger partial charge in [-0.25, -0.2) is 0 Å². The van der Waals surface area contributed by atoms with Gasteiger partial charge in [0, 0.05) is 18.7 Å². The molecule has 0 atom stereocenters. The van der Waals surface area contributed by atoms with Gasteiger partial charge in [-0.15, -0.1) is 0 Å². The Balaban J connectivity index is 2.24. The van der Waals surface area contributed by atoms with Gasteiger partial charge in [0.05, 0.1) is 19.9 Å². The lowest BCUT2D eigenvalue weighted by molar-refractivity contribution is -0.120. The fraction of sp³-hybridized carbons (Fsp3) is 0.300. The molecule has 0 unspecified atom stereocenters. The van der Waals surface area contributed by atoms with Crippen molar-refractivity contribution in [3.05, 3.63) is 47.5 Å². The summed E-state index contributed by atoms with van der Waals surface area (Å²) in [6.07, 6.45) is 0. The van der Waals surface area contributed by atoms with Crippen LogP contribution in [0.4, 0.5) is 11.4 Å². The molecule has 0 aliphatic rings. The Kier molecular flexibility index (Phi) is 6.22. The first-order valence-corrected chi connectivity index (χ1v) is 8.23. The fourth-order valence-electron chi connectivity index (χ4n) is 2.64. The third-order valence-corrected chi connectivity index (χ3v) is 4.23. The van der Waals surface area contributed by atoms with Crippen LogP contribution in [0.3, 0.4) is 0 Å². The lowest BCUT2D eigenvalue weighted by Crippen LogP contribution is -2.37. The summed E-state index contributed by atoms with van der Waals surface area (Å²) in [6.45, 7) is 5.25. The largest absolute Gasteiger partial charge is 0.497 e. The number of carbonyl (C=O) groups is 2. The molecule has 0 saturated carbocycles. The molecule has 1 N–H and O–H groups in total. The lowest BCUT2D eigenvalue weighted by atomic mass is 10.1. The lowest BCUT2D eigenvalue weighted by Gasteiger charge is -2.23. The predicted octanol–water partition coefficient (Wildman–Crippen LogP) is 3.31. The molecule has 26 heavy (non-hydrogen) atoms. The zero-order chi connectivity index (χ0) is 19.3. The van der Waals surface area contributed by atoms with Crippen molar-refractivity contribution in [3.8, 4) is 11.5 Å². The van der Waals surface area contributed by atoms with Gasteiger partial charge in [0.1, 0.15) is 18.0 Å². The molecule has 0 aromatic heterocycles. The minimum atomic E-state index is -0.326. The van der Waals surface area contributed by atoms with E-state index in [2.05, 4.69) is 5.32 Å². The molecule has 2 aromatic carbocycles. The van der Waals surface area contributed by atoms with Gasteiger partial charge in [0.25, 0.3) is 0 Å². The van der Waals surface area contributed by atoms with Crippen molar-refractivity contribution in [2.75, 3.05) is 31.0 Å². The van der Waals surface area contributed by atoms with E-state index < -0.39 is 0 Å². The Bertz CT molecular complexity index is 817. The number of rotatable bonds is 6. The standard InChI is InChI=1S/C20H24N2O4/c1-13-7-6-8-18(14(13)2)22(15(3)23)12-20(24)21-17-11-16(25-4)9-10-19(17)26-5/h6-11H,12H2,1-5H3,(H,21,24). The molecule has 0 fully saturated rings. The monoisotopic (exact) mass is 356 g/mol. The second-order valence-electron chi connectivity index (χ2n) is 5.94. The number of nitrogens with zero attached hydrogens (tertiary/aromatic N) is 1. The molecule has 0 aliphatic heterocycles. The van der Waals surface area contributed by atoms with Crippen molar-refractivity contribution < 1.29 is 19.1 Å². The van der Waals surface area contributed by atoms with E-state index in [1.165, 1.54) is 18.9 Å². The highest BCUT2D eigenvalue weighted by molar-refractivity contribution is 6.02. The van der Waals surface area contributed by atoms with E-state index >= 15 is 0 Å². The first kappa shape index (κ1) is 19.3. The average Bonchev–Trinajstić information content (AvgIpc) is 2.62. The molecule has 2 aromatic rings. The van der Waals surface area contributed by atoms with E-state index in [9.17, 15) is 9.59 Å². The molecule has 0 saturated heterocycles. The van der Waals surface area contributed by atoms with Gasteiger partial charge in [0.15, 0.2) is 0 Å². The zero-order valence-corrected chi connectivity index (χ0v) is 15.8. The maximum atomic E-state index is 12.6. The molecule has 2 rings (SSSR count). The molecule has 138 valence electrons. The van der Waals surface area contributed by atoms with Crippen molar-refractivity contribution >= 4 is 23.2 Å². The van der Waals surface area contributed by atoms with E-state index in [-0.39, 0.29) is 18.4 Å². The Morgan fingerprint density at radius 3 is 2.42 bits per heavy atom. The summed E-state index contributed by atoms with van der Waals surface area (Å²) in [5.74, 6) is 0.582. The molecule has 6 heteroatoms. The van der Waals surface area contributed by atoms with Crippen molar-refractivity contribution in [1.29, 1.82) is 0 Å². The number of amides is 2. The molecule has 2 amide bonds. The number of hydrogen-bond acceptors (Lipinski definition) is 4. The van der Waals surface area contributed by atoms with Crippen LogP contribution >= 0.6 is 0 Å². The van der Waals surface area contributed by atoms with Gasteiger partial charge in [-0.2, -0.15) is 0 Å². The normalized spacial score (nSPS) is 10.2. The van der Waals surface area contributed by atoms with E-state index in [1.54, 1.807) is 25.3 Å². The van der Waals surface area contributed by atoms with E-state index in [1.807, 2.05) is 32.0 Å². The number of carbonyl (C=O) groups excluding carboxylic acids is 2. The number of ether oxygens (including phenoxy) is 2. The molecule has 6 nitrogen and oxygen atoms in total. The number of nitrogens with one attached hydrogen (secondary N) is 1. The summed E-state index contributed by atoms with van der Waals surface area (Å²) in [6, 6.07) is 10.8. The van der Waals surface area contributed by atoms with Gasteiger partial charge in [-0.1, -0.05) is 12.1 Å². The van der Waals surface area contributed by atoms with E-state index in [0.717, 1.165) is 16.8 Å². The summed E-state index contributed by atoms with van der Waals surface area (Å²) in [5, 5.41) is 2.79. The summed E-state index contributed by atoms with van der Waals surface area (Å²) in [5.41, 5.74) is 3.24. The Hall–Kier alpha value is -3.02. The second-order valence-corrected chi connectivity index (χ2v) is 5.94. The second kappa shape index (κ2) is 8.38. The number of benzene rings is 2. The summed E-state index contributed by atoms with van der Waals surface area (Å²) in [7, 11) is 3.07. The maximum Gasteiger partial charge on any atom is 0.244 e. The third-order valence-electron chi connectivity index (χ3n) is 4.23. The number of aryl methyl sites for hydroxylation is 1. The van der Waals surface area contributed by atoms with Crippen LogP contribution < -0.4 is 19.7 Å². The summed E-state index contributed by atoms with van der Waals surface area (Å²) >= 11 is 0. The van der Waals surface area contributed by atoms with E-state index in [0.29, 0.717) is 17.2 Å². The zero-order valence-electron chi connectivity index (χ0n) is 15.8. The highest BCUT2D eigenvalue weighted by Gasteiger charge is 2.19. The molecule has 0 radical (unpaired) electrons. The highest BCUT2D eigenvalue weighted by atomic mass is 16.5. The number of anilines is 2. The smallest absolute Gasteiger partial charge is 0.244 e. The number of methoxy groups -OCH3 is 2. The van der Waals surface area contributed by atoms with Crippen molar-refractivity contribution in [2.24, 2.45) is 0 Å². The van der Waals surface area contributed by atoms with Crippen molar-refractivity contribution in [2.45, 2.75) is 20.8 Å². The molecule has 0 aliphatic carbocycles. The Labute approximate surface area is 153 Å². The SMILES string of the molecule is COc1ccc(OC)c(NC(=O)CN(C(C)=O)c2cccc(C)c2C)c1. The molecule has 0 spiro atoms. The van der Waals surface area contributed by atoms with Crippen molar-refractivity contribution in [1.82, 2.24) is 0 Å². The van der Waals surface area contributed by atoms with Crippen LogP contribution in [-0.4, -0.2) is 32.6 Å². The molecule has 0 heterocycles. The molecular formula is C20H24N2O4. The quantitative estimate of drug-likeness (QED) is 0.862. The maximum absolute atomic E-state index is 12.6. The minimum Gasteiger partial charge on any atom is -0.497 e. The van der Waals surface area contributed by atoms with Gasteiger partial charge >= 0.3 is 0 Å². The first-order valence-electron chi connectivity index (χ1n) is 8.23. The topological polar surface area (TPSA) is 67.9 Å². The molecular weight excluding hydrogens is 332 g/mol. The van der Waals surface area contributed by atoms with Crippen LogP contribution in [0, 0.1) is 13.8 Å². The minimum absolute atomic E-state index is 0.0972. The fourth-order valence-corrected chi connectivity index (χ4v) is 2.64. The third kappa shape index (κ3) is 4.33. The number of hydrogen-bond donors (Lipinski definition) is 1. The Morgan fingerprint density at radius 1 is 1.08 bits per heavy atom. The van der Waals surface area contributed by atoms with Gasteiger partial charge in [-0.3, -0.25) is 9.59 Å². The molecule has 0 bridgehead atoms. The van der Waals surface area contributed by atoms with Crippen LogP contribution in [0.25, 0.3) is 0 Å². The van der Waals surface area contributed by atoms with Crippen LogP contribution in [0.1, 0.15) is 18.1 Å². The first-order chi connectivity index (χ1) is 12.4.